The lowest BCUT2D eigenvalue weighted by molar-refractivity contribution is 0.467. The van der Waals surface area contributed by atoms with Crippen LogP contribution in [0.2, 0.25) is 0 Å². The second-order valence-corrected chi connectivity index (χ2v) is 5.82. The summed E-state index contributed by atoms with van der Waals surface area (Å²) in [5, 5.41) is 4.65. The molecule has 1 aliphatic carbocycles. The molecule has 2 heteroatoms. The van der Waals surface area contributed by atoms with E-state index in [1.165, 1.54) is 34.4 Å². The molecule has 0 radical (unpaired) electrons. The van der Waals surface area contributed by atoms with Gasteiger partial charge in [0.1, 0.15) is 0 Å². The zero-order valence-corrected chi connectivity index (χ0v) is 11.6. The fourth-order valence-corrected chi connectivity index (χ4v) is 3.41. The van der Waals surface area contributed by atoms with Crippen molar-refractivity contribution in [2.24, 2.45) is 11.0 Å². The second kappa shape index (κ2) is 4.48. The summed E-state index contributed by atoms with van der Waals surface area (Å²) in [6.45, 7) is 2.13. The van der Waals surface area contributed by atoms with E-state index < -0.39 is 0 Å². The van der Waals surface area contributed by atoms with Crippen LogP contribution in [0.4, 0.5) is 0 Å². The van der Waals surface area contributed by atoms with Crippen molar-refractivity contribution in [2.75, 3.05) is 0 Å². The van der Waals surface area contributed by atoms with Gasteiger partial charge in [0.25, 0.3) is 0 Å². The number of nitrogens with one attached hydrogen (secondary N) is 1. The third-order valence-electron chi connectivity index (χ3n) is 4.53. The fraction of sp³-hybridized carbons (Fsp3) is 0.278. The van der Waals surface area contributed by atoms with Crippen LogP contribution in [-0.4, -0.2) is 5.71 Å². The molecular weight excluding hydrogens is 244 g/mol. The summed E-state index contributed by atoms with van der Waals surface area (Å²) >= 11 is 0. The molecule has 2 nitrogen and oxygen atoms in total. The second-order valence-electron chi connectivity index (χ2n) is 5.82. The molecule has 0 aromatic heterocycles. The molecule has 0 saturated heterocycles. The smallest absolute Gasteiger partial charge is 0.0774 e. The first-order valence-electron chi connectivity index (χ1n) is 7.31. The molecule has 2 aliphatic rings. The highest BCUT2D eigenvalue weighted by Gasteiger charge is 2.36. The predicted octanol–water partition coefficient (Wildman–Crippen LogP) is 3.61. The summed E-state index contributed by atoms with van der Waals surface area (Å²) in [5.41, 5.74) is 10.0. The van der Waals surface area contributed by atoms with Gasteiger partial charge in [-0.25, -0.2) is 0 Å². The summed E-state index contributed by atoms with van der Waals surface area (Å²) < 4.78 is 0. The van der Waals surface area contributed by atoms with Gasteiger partial charge in [0.05, 0.1) is 11.8 Å². The Morgan fingerprint density at radius 2 is 1.85 bits per heavy atom. The third-order valence-corrected chi connectivity index (χ3v) is 4.53. The molecule has 2 unspecified atom stereocenters. The Bertz CT molecular complexity index is 670. The molecule has 0 spiro atoms. The molecule has 4 rings (SSSR count). The van der Waals surface area contributed by atoms with Crippen molar-refractivity contribution in [1.29, 1.82) is 0 Å². The van der Waals surface area contributed by atoms with Gasteiger partial charge < -0.3 is 5.43 Å². The maximum Gasteiger partial charge on any atom is 0.0774 e. The van der Waals surface area contributed by atoms with Gasteiger partial charge in [-0.15, -0.1) is 0 Å². The van der Waals surface area contributed by atoms with E-state index in [2.05, 4.69) is 66.0 Å². The van der Waals surface area contributed by atoms with E-state index in [1.54, 1.807) is 0 Å². The van der Waals surface area contributed by atoms with Crippen LogP contribution in [0.25, 0.3) is 0 Å². The maximum atomic E-state index is 4.65. The monoisotopic (exact) mass is 262 g/mol. The number of hydrogen-bond acceptors (Lipinski definition) is 2. The van der Waals surface area contributed by atoms with E-state index in [0.29, 0.717) is 12.0 Å². The first-order valence-corrected chi connectivity index (χ1v) is 7.31. The Kier molecular flexibility index (Phi) is 2.62. The van der Waals surface area contributed by atoms with Crippen LogP contribution >= 0.6 is 0 Å². The lowest BCUT2D eigenvalue weighted by atomic mass is 9.77. The van der Waals surface area contributed by atoms with Crippen LogP contribution in [-0.2, 0) is 6.42 Å². The minimum atomic E-state index is 0.332. The van der Waals surface area contributed by atoms with Crippen molar-refractivity contribution >= 4 is 5.71 Å². The van der Waals surface area contributed by atoms with Gasteiger partial charge in [-0.1, -0.05) is 54.1 Å². The molecule has 0 amide bonds. The van der Waals surface area contributed by atoms with Gasteiger partial charge in [0.2, 0.25) is 0 Å². The number of nitrogens with zero attached hydrogens (tertiary/aromatic N) is 1. The van der Waals surface area contributed by atoms with Crippen molar-refractivity contribution < 1.29 is 0 Å². The van der Waals surface area contributed by atoms with Crippen molar-refractivity contribution in [3.05, 3.63) is 70.8 Å². The van der Waals surface area contributed by atoms with Gasteiger partial charge in [-0.3, -0.25) is 0 Å². The zero-order chi connectivity index (χ0) is 13.5. The standard InChI is InChI=1S/C18H18N2/c1-12-6-8-14(9-7-12)17-16-11-10-13-4-2-3-5-15(13)18(16)20-19-17/h2-9,16-17,19H,10-11H2,1H3. The number of rotatable bonds is 1. The van der Waals surface area contributed by atoms with Gasteiger partial charge in [0, 0.05) is 11.5 Å². The molecule has 2 atom stereocenters. The van der Waals surface area contributed by atoms with Gasteiger partial charge in [-0.05, 0) is 30.9 Å². The Balaban J connectivity index is 1.69. The van der Waals surface area contributed by atoms with Crippen molar-refractivity contribution in [1.82, 2.24) is 5.43 Å². The first-order chi connectivity index (χ1) is 9.83. The largest absolute Gasteiger partial charge is 0.302 e. The minimum absolute atomic E-state index is 0.332. The Labute approximate surface area is 119 Å². The summed E-state index contributed by atoms with van der Waals surface area (Å²) in [6.07, 6.45) is 2.34. The highest BCUT2D eigenvalue weighted by molar-refractivity contribution is 6.05. The zero-order valence-electron chi connectivity index (χ0n) is 11.6. The number of hydrogen-bond donors (Lipinski definition) is 1. The number of benzene rings is 2. The topological polar surface area (TPSA) is 24.4 Å². The maximum absolute atomic E-state index is 4.65. The molecule has 0 fully saturated rings. The molecule has 20 heavy (non-hydrogen) atoms. The lowest BCUT2D eigenvalue weighted by Gasteiger charge is -2.26. The average molecular weight is 262 g/mol. The van der Waals surface area contributed by atoms with Crippen LogP contribution in [0.5, 0.6) is 0 Å². The van der Waals surface area contributed by atoms with Crippen LogP contribution in [0.3, 0.4) is 0 Å². The van der Waals surface area contributed by atoms with Crippen LogP contribution in [0.1, 0.15) is 34.7 Å². The molecular formula is C18H18N2. The Morgan fingerprint density at radius 3 is 2.70 bits per heavy atom. The number of fused-ring (bicyclic) bond motifs is 3. The van der Waals surface area contributed by atoms with E-state index in [-0.39, 0.29) is 0 Å². The summed E-state index contributed by atoms with van der Waals surface area (Å²) in [6, 6.07) is 17.8. The van der Waals surface area contributed by atoms with E-state index in [4.69, 9.17) is 0 Å². The van der Waals surface area contributed by atoms with Crippen LogP contribution in [0.15, 0.2) is 53.6 Å². The molecule has 2 aromatic rings. The highest BCUT2D eigenvalue weighted by Crippen LogP contribution is 2.37. The van der Waals surface area contributed by atoms with Crippen LogP contribution in [0, 0.1) is 12.8 Å². The third kappa shape index (κ3) is 1.75. The molecule has 0 bridgehead atoms. The minimum Gasteiger partial charge on any atom is -0.302 e. The predicted molar refractivity (Wildman–Crippen MR) is 81.8 cm³/mol. The van der Waals surface area contributed by atoms with E-state index in [0.717, 1.165) is 6.42 Å². The molecule has 1 N–H and O–H groups in total. The lowest BCUT2D eigenvalue weighted by Crippen LogP contribution is -2.26. The molecule has 1 aliphatic heterocycles. The molecule has 100 valence electrons. The quantitative estimate of drug-likeness (QED) is 0.834. The molecule has 2 aromatic carbocycles. The summed E-state index contributed by atoms with van der Waals surface area (Å²) in [7, 11) is 0. The average Bonchev–Trinajstić information content (AvgIpc) is 2.92. The fourth-order valence-electron chi connectivity index (χ4n) is 3.41. The first kappa shape index (κ1) is 11.7. The summed E-state index contributed by atoms with van der Waals surface area (Å²) in [4.78, 5) is 0. The van der Waals surface area contributed by atoms with E-state index in [9.17, 15) is 0 Å². The molecule has 1 heterocycles. The van der Waals surface area contributed by atoms with Crippen molar-refractivity contribution in [3.63, 3.8) is 0 Å². The van der Waals surface area contributed by atoms with Gasteiger partial charge in [-0.2, -0.15) is 5.10 Å². The van der Waals surface area contributed by atoms with Crippen LogP contribution < -0.4 is 5.43 Å². The van der Waals surface area contributed by atoms with E-state index in [1.807, 2.05) is 0 Å². The SMILES string of the molecule is Cc1ccc(C2NN=C3c4ccccc4CCC32)cc1. The van der Waals surface area contributed by atoms with E-state index >= 15 is 0 Å². The normalized spacial score (nSPS) is 23.6. The Hall–Kier alpha value is -2.09. The Morgan fingerprint density at radius 1 is 1.05 bits per heavy atom. The summed E-state index contributed by atoms with van der Waals surface area (Å²) in [5.74, 6) is 0.507. The highest BCUT2D eigenvalue weighted by atomic mass is 15.3. The van der Waals surface area contributed by atoms with Gasteiger partial charge in [0.15, 0.2) is 0 Å². The van der Waals surface area contributed by atoms with Crippen molar-refractivity contribution in [3.8, 4) is 0 Å². The van der Waals surface area contributed by atoms with Crippen molar-refractivity contribution in [2.45, 2.75) is 25.8 Å². The van der Waals surface area contributed by atoms with Gasteiger partial charge >= 0.3 is 0 Å². The number of aryl methyl sites for hydroxylation is 2. The molecule has 0 saturated carbocycles. The number of hydrazone groups is 1.